The van der Waals surface area contributed by atoms with Crippen molar-refractivity contribution in [2.45, 2.75) is 43.9 Å². The van der Waals surface area contributed by atoms with Gasteiger partial charge in [0.05, 0.1) is 23.6 Å². The van der Waals surface area contributed by atoms with Gasteiger partial charge in [0.15, 0.2) is 5.13 Å². The first-order valence-electron chi connectivity index (χ1n) is 9.91. The number of aromatic nitrogens is 1. The zero-order valence-corrected chi connectivity index (χ0v) is 18.4. The summed E-state index contributed by atoms with van der Waals surface area (Å²) in [6.07, 6.45) is 3.87. The van der Waals surface area contributed by atoms with E-state index < -0.39 is 15.9 Å². The molecule has 0 bridgehead atoms. The molecular formula is C20H25N3O5S2. The summed E-state index contributed by atoms with van der Waals surface area (Å²) in [5.74, 6) is -0.771. The first kappa shape index (κ1) is 22.4. The van der Waals surface area contributed by atoms with Crippen LogP contribution < -0.4 is 5.32 Å². The van der Waals surface area contributed by atoms with Gasteiger partial charge in [-0.2, -0.15) is 4.31 Å². The van der Waals surface area contributed by atoms with E-state index in [2.05, 4.69) is 10.3 Å². The maximum absolute atomic E-state index is 12.8. The number of nitrogens with zero attached hydrogens (tertiary/aromatic N) is 2. The fourth-order valence-electron chi connectivity index (χ4n) is 3.18. The van der Waals surface area contributed by atoms with Crippen LogP contribution in [-0.2, 0) is 26.0 Å². The molecule has 1 N–H and O–H groups in total. The summed E-state index contributed by atoms with van der Waals surface area (Å²) in [6, 6.07) is 5.91. The Balaban J connectivity index is 1.64. The minimum atomic E-state index is -3.55. The number of hydrogen-bond acceptors (Lipinski definition) is 7. The third-order valence-electron chi connectivity index (χ3n) is 4.72. The number of benzene rings is 1. The monoisotopic (exact) mass is 451 g/mol. The number of anilines is 1. The van der Waals surface area contributed by atoms with Crippen molar-refractivity contribution in [2.24, 2.45) is 0 Å². The fourth-order valence-corrected chi connectivity index (χ4v) is 5.41. The second kappa shape index (κ2) is 10.1. The number of hydrogen-bond donors (Lipinski definition) is 1. The van der Waals surface area contributed by atoms with Crippen molar-refractivity contribution in [1.29, 1.82) is 0 Å². The van der Waals surface area contributed by atoms with Gasteiger partial charge in [-0.15, -0.1) is 11.3 Å². The number of thiazole rings is 1. The van der Waals surface area contributed by atoms with Crippen molar-refractivity contribution in [2.75, 3.05) is 25.0 Å². The maximum atomic E-state index is 12.8. The van der Waals surface area contributed by atoms with E-state index in [1.54, 1.807) is 12.3 Å². The summed E-state index contributed by atoms with van der Waals surface area (Å²) in [4.78, 5) is 28.4. The number of nitrogens with one attached hydrogen (secondary N) is 1. The highest BCUT2D eigenvalue weighted by Gasteiger charge is 2.25. The SMILES string of the molecule is CCOC(=O)Cc1csc(NC(=O)c2ccc(S(=O)(=O)N3CCCCCC3)cc2)n1. The van der Waals surface area contributed by atoms with Gasteiger partial charge < -0.3 is 4.74 Å². The Morgan fingerprint density at radius 2 is 1.80 bits per heavy atom. The molecule has 10 heteroatoms. The summed E-state index contributed by atoms with van der Waals surface area (Å²) in [5, 5.41) is 4.72. The molecule has 1 fully saturated rings. The van der Waals surface area contributed by atoms with Crippen molar-refractivity contribution < 1.29 is 22.7 Å². The molecule has 0 saturated carbocycles. The van der Waals surface area contributed by atoms with Crippen LogP contribution in [0.25, 0.3) is 0 Å². The normalized spacial score (nSPS) is 15.4. The molecule has 0 spiro atoms. The molecule has 1 amide bonds. The number of carbonyl (C=O) groups is 2. The highest BCUT2D eigenvalue weighted by atomic mass is 32.2. The fraction of sp³-hybridized carbons (Fsp3) is 0.450. The Kier molecular flexibility index (Phi) is 7.57. The molecule has 0 aliphatic carbocycles. The van der Waals surface area contributed by atoms with Crippen LogP contribution in [-0.4, -0.2) is 49.3 Å². The smallest absolute Gasteiger partial charge is 0.311 e. The van der Waals surface area contributed by atoms with Gasteiger partial charge in [-0.25, -0.2) is 13.4 Å². The van der Waals surface area contributed by atoms with Crippen molar-refractivity contribution in [3.8, 4) is 0 Å². The van der Waals surface area contributed by atoms with Crippen molar-refractivity contribution in [3.05, 3.63) is 40.9 Å². The van der Waals surface area contributed by atoms with Crippen LogP contribution in [0, 0.1) is 0 Å². The van der Waals surface area contributed by atoms with E-state index in [-0.39, 0.29) is 17.3 Å². The number of rotatable bonds is 7. The van der Waals surface area contributed by atoms with Crippen LogP contribution in [0.4, 0.5) is 5.13 Å². The predicted octanol–water partition coefficient (Wildman–Crippen LogP) is 3.07. The van der Waals surface area contributed by atoms with Crippen LogP contribution in [0.3, 0.4) is 0 Å². The molecule has 0 radical (unpaired) electrons. The lowest BCUT2D eigenvalue weighted by molar-refractivity contribution is -0.142. The minimum absolute atomic E-state index is 0.0449. The highest BCUT2D eigenvalue weighted by Crippen LogP contribution is 2.22. The van der Waals surface area contributed by atoms with Crippen molar-refractivity contribution >= 4 is 38.4 Å². The molecule has 2 aromatic rings. The largest absolute Gasteiger partial charge is 0.466 e. The molecule has 1 aromatic heterocycles. The molecule has 1 aliphatic rings. The van der Waals surface area contributed by atoms with E-state index in [0.717, 1.165) is 25.7 Å². The molecule has 162 valence electrons. The van der Waals surface area contributed by atoms with Gasteiger partial charge in [0.1, 0.15) is 0 Å². The van der Waals surface area contributed by atoms with Gasteiger partial charge in [0, 0.05) is 24.0 Å². The van der Waals surface area contributed by atoms with Gasteiger partial charge in [-0.1, -0.05) is 12.8 Å². The summed E-state index contributed by atoms with van der Waals surface area (Å²) in [5.41, 5.74) is 0.847. The second-order valence-corrected chi connectivity index (χ2v) is 9.72. The molecule has 1 aromatic carbocycles. The van der Waals surface area contributed by atoms with E-state index in [1.807, 2.05) is 0 Å². The minimum Gasteiger partial charge on any atom is -0.466 e. The molecular weight excluding hydrogens is 426 g/mol. The zero-order chi connectivity index (χ0) is 21.6. The standard InChI is InChI=1S/C20H25N3O5S2/c1-2-28-18(24)13-16-14-29-20(21-16)22-19(25)15-7-9-17(10-8-15)30(26,27)23-11-5-3-4-6-12-23/h7-10,14H,2-6,11-13H2,1H3,(H,21,22,25). The lowest BCUT2D eigenvalue weighted by atomic mass is 10.2. The van der Waals surface area contributed by atoms with E-state index in [4.69, 9.17) is 4.74 Å². The van der Waals surface area contributed by atoms with Gasteiger partial charge in [-0.05, 0) is 44.0 Å². The lowest BCUT2D eigenvalue weighted by Gasteiger charge is -2.20. The summed E-state index contributed by atoms with van der Waals surface area (Å²) < 4.78 is 32.1. The van der Waals surface area contributed by atoms with E-state index in [1.165, 1.54) is 39.9 Å². The highest BCUT2D eigenvalue weighted by molar-refractivity contribution is 7.89. The molecule has 2 heterocycles. The molecule has 30 heavy (non-hydrogen) atoms. The number of esters is 1. The average Bonchev–Trinajstić information content (AvgIpc) is 2.98. The third kappa shape index (κ3) is 5.65. The Morgan fingerprint density at radius 1 is 1.13 bits per heavy atom. The first-order valence-corrected chi connectivity index (χ1v) is 12.2. The van der Waals surface area contributed by atoms with Crippen LogP contribution in [0.1, 0.15) is 48.7 Å². The average molecular weight is 452 g/mol. The Morgan fingerprint density at radius 3 is 2.43 bits per heavy atom. The first-order chi connectivity index (χ1) is 14.4. The number of ether oxygens (including phenoxy) is 1. The van der Waals surface area contributed by atoms with Crippen LogP contribution in [0.5, 0.6) is 0 Å². The second-order valence-electron chi connectivity index (χ2n) is 6.92. The number of sulfonamides is 1. The topological polar surface area (TPSA) is 106 Å². The molecule has 3 rings (SSSR count). The van der Waals surface area contributed by atoms with Crippen molar-refractivity contribution in [1.82, 2.24) is 9.29 Å². The summed E-state index contributed by atoms with van der Waals surface area (Å²) >= 11 is 1.21. The van der Waals surface area contributed by atoms with Crippen molar-refractivity contribution in [3.63, 3.8) is 0 Å². The van der Waals surface area contributed by atoms with Gasteiger partial charge in [0.25, 0.3) is 5.91 Å². The predicted molar refractivity (Wildman–Crippen MR) is 114 cm³/mol. The quantitative estimate of drug-likeness (QED) is 0.649. The van der Waals surface area contributed by atoms with E-state index in [9.17, 15) is 18.0 Å². The van der Waals surface area contributed by atoms with Gasteiger partial charge >= 0.3 is 5.97 Å². The third-order valence-corrected chi connectivity index (χ3v) is 7.44. The van der Waals surface area contributed by atoms with E-state index >= 15 is 0 Å². The summed E-state index contributed by atoms with van der Waals surface area (Å²) in [7, 11) is -3.55. The molecule has 1 saturated heterocycles. The van der Waals surface area contributed by atoms with Gasteiger partial charge in [0.2, 0.25) is 10.0 Å². The molecule has 8 nitrogen and oxygen atoms in total. The Hall–Kier alpha value is -2.30. The maximum Gasteiger partial charge on any atom is 0.311 e. The lowest BCUT2D eigenvalue weighted by Crippen LogP contribution is -2.31. The zero-order valence-electron chi connectivity index (χ0n) is 16.8. The molecule has 0 atom stereocenters. The summed E-state index contributed by atoms with van der Waals surface area (Å²) in [6.45, 7) is 3.09. The number of amides is 1. The molecule has 1 aliphatic heterocycles. The van der Waals surface area contributed by atoms with Crippen LogP contribution >= 0.6 is 11.3 Å². The van der Waals surface area contributed by atoms with Crippen LogP contribution in [0.2, 0.25) is 0 Å². The Bertz CT molecular complexity index is 978. The number of carbonyl (C=O) groups excluding carboxylic acids is 2. The van der Waals surface area contributed by atoms with Gasteiger partial charge in [-0.3, -0.25) is 14.9 Å². The van der Waals surface area contributed by atoms with E-state index in [0.29, 0.717) is 36.1 Å². The van der Waals surface area contributed by atoms with Crippen LogP contribution in [0.15, 0.2) is 34.5 Å². The Labute approximate surface area is 180 Å². The molecule has 0 unspecified atom stereocenters.